The Kier molecular flexibility index (Phi) is 5.77. The van der Waals surface area contributed by atoms with Crippen molar-refractivity contribution >= 4 is 23.2 Å². The van der Waals surface area contributed by atoms with E-state index in [-0.39, 0.29) is 18.5 Å². The van der Waals surface area contributed by atoms with E-state index < -0.39 is 0 Å². The van der Waals surface area contributed by atoms with Crippen molar-refractivity contribution in [2.45, 2.75) is 18.9 Å². The van der Waals surface area contributed by atoms with Crippen LogP contribution in [0.25, 0.3) is 0 Å². The average Bonchev–Trinajstić information content (AvgIpc) is 3.10. The van der Waals surface area contributed by atoms with Crippen molar-refractivity contribution in [2.75, 3.05) is 25.5 Å². The van der Waals surface area contributed by atoms with Crippen LogP contribution in [0, 0.1) is 11.3 Å². The summed E-state index contributed by atoms with van der Waals surface area (Å²) in [4.78, 5) is 14.7. The molecular weight excluding hydrogens is 350 g/mol. The van der Waals surface area contributed by atoms with Crippen LogP contribution in [-0.2, 0) is 4.79 Å². The molecule has 0 unspecified atom stereocenters. The van der Waals surface area contributed by atoms with Crippen LogP contribution in [0.2, 0.25) is 5.02 Å². The molecule has 6 heteroatoms. The predicted molar refractivity (Wildman–Crippen MR) is 101 cm³/mol. The topological polar surface area (TPSA) is 65.4 Å². The maximum Gasteiger partial charge on any atom is 0.238 e. The molecule has 1 aliphatic rings. The van der Waals surface area contributed by atoms with E-state index in [4.69, 9.17) is 16.3 Å². The van der Waals surface area contributed by atoms with Crippen molar-refractivity contribution in [3.63, 3.8) is 0 Å². The minimum atomic E-state index is -0.154. The molecule has 2 aromatic rings. The van der Waals surface area contributed by atoms with E-state index in [2.05, 4.69) is 22.4 Å². The molecule has 3 rings (SSSR count). The molecule has 2 aromatic carbocycles. The number of ether oxygens (including phenoxy) is 1. The van der Waals surface area contributed by atoms with Crippen LogP contribution in [0.1, 0.15) is 30.0 Å². The quantitative estimate of drug-likeness (QED) is 0.865. The molecule has 1 aliphatic heterocycles. The monoisotopic (exact) mass is 369 g/mol. The summed E-state index contributed by atoms with van der Waals surface area (Å²) >= 11 is 5.98. The highest BCUT2D eigenvalue weighted by molar-refractivity contribution is 6.31. The van der Waals surface area contributed by atoms with Gasteiger partial charge in [-0.2, -0.15) is 5.26 Å². The van der Waals surface area contributed by atoms with Gasteiger partial charge in [-0.15, -0.1) is 0 Å². The lowest BCUT2D eigenvalue weighted by molar-refractivity contribution is -0.117. The highest BCUT2D eigenvalue weighted by atomic mass is 35.5. The molecule has 0 spiro atoms. The Bertz CT molecular complexity index is 847. The molecule has 1 amide bonds. The molecule has 1 heterocycles. The molecule has 1 N–H and O–H groups in total. The third kappa shape index (κ3) is 4.16. The Morgan fingerprint density at radius 3 is 3.00 bits per heavy atom. The zero-order chi connectivity index (χ0) is 18.5. The molecule has 0 bridgehead atoms. The molecule has 26 heavy (non-hydrogen) atoms. The van der Waals surface area contributed by atoms with Crippen molar-refractivity contribution in [3.05, 3.63) is 58.6 Å². The normalized spacial score (nSPS) is 16.9. The van der Waals surface area contributed by atoms with Gasteiger partial charge in [-0.25, -0.2) is 0 Å². The van der Waals surface area contributed by atoms with E-state index in [1.54, 1.807) is 25.3 Å². The van der Waals surface area contributed by atoms with Gasteiger partial charge in [-0.1, -0.05) is 23.7 Å². The first-order valence-corrected chi connectivity index (χ1v) is 8.86. The Balaban J connectivity index is 1.70. The summed E-state index contributed by atoms with van der Waals surface area (Å²) in [7, 11) is 1.65. The van der Waals surface area contributed by atoms with Gasteiger partial charge in [-0.3, -0.25) is 9.69 Å². The number of likely N-dealkylation sites (tertiary alicyclic amines) is 1. The van der Waals surface area contributed by atoms with Crippen molar-refractivity contribution in [3.8, 4) is 11.8 Å². The van der Waals surface area contributed by atoms with Gasteiger partial charge in [0.25, 0.3) is 0 Å². The lowest BCUT2D eigenvalue weighted by Crippen LogP contribution is -2.33. The highest BCUT2D eigenvalue weighted by Gasteiger charge is 2.28. The van der Waals surface area contributed by atoms with Crippen molar-refractivity contribution in [1.82, 2.24) is 4.90 Å². The number of amides is 1. The number of rotatable bonds is 5. The molecule has 0 aliphatic carbocycles. The van der Waals surface area contributed by atoms with E-state index in [0.717, 1.165) is 30.7 Å². The second-order valence-corrected chi connectivity index (χ2v) is 6.69. The number of halogens is 1. The molecular formula is C20H20ClN3O2. The summed E-state index contributed by atoms with van der Waals surface area (Å²) in [5.74, 6) is 0.662. The number of carbonyl (C=O) groups excluding carboxylic acids is 1. The molecule has 134 valence electrons. The number of nitriles is 1. The molecule has 5 nitrogen and oxygen atoms in total. The summed E-state index contributed by atoms with van der Waals surface area (Å²) in [6.07, 6.45) is 2.04. The lowest BCUT2D eigenvalue weighted by Gasteiger charge is -2.24. The van der Waals surface area contributed by atoms with E-state index in [1.807, 2.05) is 18.2 Å². The predicted octanol–water partition coefficient (Wildman–Crippen LogP) is 4.00. The van der Waals surface area contributed by atoms with Gasteiger partial charge in [0, 0.05) is 11.1 Å². The summed E-state index contributed by atoms with van der Waals surface area (Å²) < 4.78 is 5.31. The summed E-state index contributed by atoms with van der Waals surface area (Å²) in [6.45, 7) is 1.12. The summed E-state index contributed by atoms with van der Waals surface area (Å²) in [6, 6.07) is 15.1. The maximum absolute atomic E-state index is 12.5. The number of benzene rings is 2. The Morgan fingerprint density at radius 2 is 2.23 bits per heavy atom. The number of hydrogen-bond donors (Lipinski definition) is 1. The third-order valence-corrected chi connectivity index (χ3v) is 4.80. The van der Waals surface area contributed by atoms with Gasteiger partial charge >= 0.3 is 0 Å². The van der Waals surface area contributed by atoms with Gasteiger partial charge in [0.05, 0.1) is 24.9 Å². The van der Waals surface area contributed by atoms with Crippen molar-refractivity contribution in [1.29, 1.82) is 5.26 Å². The smallest absolute Gasteiger partial charge is 0.238 e. The zero-order valence-corrected chi connectivity index (χ0v) is 15.3. The fourth-order valence-electron chi connectivity index (χ4n) is 3.33. The summed E-state index contributed by atoms with van der Waals surface area (Å²) in [5, 5.41) is 12.5. The summed E-state index contributed by atoms with van der Waals surface area (Å²) in [5.41, 5.74) is 1.99. The van der Waals surface area contributed by atoms with Gasteiger partial charge in [0.15, 0.2) is 0 Å². The Labute approximate surface area is 158 Å². The van der Waals surface area contributed by atoms with Crippen LogP contribution < -0.4 is 10.1 Å². The number of methoxy groups -OCH3 is 1. The maximum atomic E-state index is 12.5. The standard InChI is InChI=1S/C20H20ClN3O2/c1-26-17-5-2-4-14(10-17)19-6-3-9-24(19)13-20(25)23-18-11-16(21)8-7-15(18)12-22/h2,4-5,7-8,10-11,19H,3,6,9,13H2,1H3,(H,23,25)/t19-/m0/s1. The first-order valence-electron chi connectivity index (χ1n) is 8.48. The molecule has 1 saturated heterocycles. The average molecular weight is 370 g/mol. The Morgan fingerprint density at radius 1 is 1.38 bits per heavy atom. The second kappa shape index (κ2) is 8.22. The first-order chi connectivity index (χ1) is 12.6. The number of nitrogens with one attached hydrogen (secondary N) is 1. The molecule has 1 fully saturated rings. The van der Waals surface area contributed by atoms with E-state index in [1.165, 1.54) is 0 Å². The van der Waals surface area contributed by atoms with Gasteiger partial charge in [0.2, 0.25) is 5.91 Å². The van der Waals surface area contributed by atoms with E-state index in [9.17, 15) is 10.1 Å². The highest BCUT2D eigenvalue weighted by Crippen LogP contribution is 2.33. The molecule has 0 saturated carbocycles. The minimum absolute atomic E-state index is 0.154. The first kappa shape index (κ1) is 18.2. The Hall–Kier alpha value is -2.55. The number of anilines is 1. The van der Waals surface area contributed by atoms with Gasteiger partial charge < -0.3 is 10.1 Å². The van der Waals surface area contributed by atoms with Gasteiger partial charge in [0.1, 0.15) is 11.8 Å². The van der Waals surface area contributed by atoms with E-state index in [0.29, 0.717) is 16.3 Å². The number of nitrogens with zero attached hydrogens (tertiary/aromatic N) is 2. The number of hydrogen-bond acceptors (Lipinski definition) is 4. The fourth-order valence-corrected chi connectivity index (χ4v) is 3.51. The van der Waals surface area contributed by atoms with Crippen LogP contribution in [0.5, 0.6) is 5.75 Å². The molecule has 0 radical (unpaired) electrons. The second-order valence-electron chi connectivity index (χ2n) is 6.26. The van der Waals surface area contributed by atoms with Crippen molar-refractivity contribution in [2.24, 2.45) is 0 Å². The van der Waals surface area contributed by atoms with E-state index >= 15 is 0 Å². The van der Waals surface area contributed by atoms with Gasteiger partial charge in [-0.05, 0) is 55.3 Å². The largest absolute Gasteiger partial charge is 0.497 e. The van der Waals surface area contributed by atoms with Crippen LogP contribution >= 0.6 is 11.6 Å². The zero-order valence-electron chi connectivity index (χ0n) is 14.5. The van der Waals surface area contributed by atoms with Crippen LogP contribution in [-0.4, -0.2) is 31.0 Å². The van der Waals surface area contributed by atoms with Crippen molar-refractivity contribution < 1.29 is 9.53 Å². The lowest BCUT2D eigenvalue weighted by atomic mass is 10.0. The number of carbonyl (C=O) groups is 1. The van der Waals surface area contributed by atoms with Crippen LogP contribution in [0.3, 0.4) is 0 Å². The van der Waals surface area contributed by atoms with Crippen LogP contribution in [0.15, 0.2) is 42.5 Å². The fraction of sp³-hybridized carbons (Fsp3) is 0.300. The third-order valence-electron chi connectivity index (χ3n) is 4.57. The van der Waals surface area contributed by atoms with Crippen LogP contribution in [0.4, 0.5) is 5.69 Å². The molecule has 0 aromatic heterocycles. The SMILES string of the molecule is COc1cccc([C@@H]2CCCN2CC(=O)Nc2cc(Cl)ccc2C#N)c1. The molecule has 1 atom stereocenters. The minimum Gasteiger partial charge on any atom is -0.497 e.